The molecule has 192 valence electrons. The first-order valence-electron chi connectivity index (χ1n) is 12.4. The van der Waals surface area contributed by atoms with E-state index in [1.54, 1.807) is 16.9 Å². The molecule has 2 fully saturated rings. The summed E-state index contributed by atoms with van der Waals surface area (Å²) in [5, 5.41) is 12.5. The third kappa shape index (κ3) is 5.80. The van der Waals surface area contributed by atoms with Gasteiger partial charge < -0.3 is 19.9 Å². The average molecular weight is 520 g/mol. The van der Waals surface area contributed by atoms with Gasteiger partial charge in [0.2, 0.25) is 22.9 Å². The van der Waals surface area contributed by atoms with Crippen molar-refractivity contribution in [3.63, 3.8) is 0 Å². The number of nitrogens with one attached hydrogen (secondary N) is 1. The molecule has 1 atom stereocenters. The van der Waals surface area contributed by atoms with Crippen LogP contribution in [0.15, 0.2) is 54.6 Å². The summed E-state index contributed by atoms with van der Waals surface area (Å²) in [6, 6.07) is 17.2. The molecule has 2 aliphatic rings. The van der Waals surface area contributed by atoms with Crippen LogP contribution in [-0.4, -0.2) is 59.6 Å². The molecule has 2 aromatic carbocycles. The van der Waals surface area contributed by atoms with Crippen LogP contribution in [0.3, 0.4) is 0 Å². The standard InChI is InChI=1S/C27H29N5O4S/c1-36-22-9-7-18(8-10-22)15-23-29-30-27(37-23)28-25(34)19-11-13-31(14-12-19)26(35)20-16-24(33)32(17-20)21-5-3-2-4-6-21/h2-10,19-20H,11-17H2,1H3,(H,28,30,34). The van der Waals surface area contributed by atoms with Crippen LogP contribution in [0.5, 0.6) is 5.75 Å². The van der Waals surface area contributed by atoms with Crippen LogP contribution in [0.25, 0.3) is 0 Å². The van der Waals surface area contributed by atoms with E-state index in [0.29, 0.717) is 44.0 Å². The normalized spacial score (nSPS) is 18.2. The zero-order chi connectivity index (χ0) is 25.8. The van der Waals surface area contributed by atoms with Gasteiger partial charge in [0.1, 0.15) is 10.8 Å². The number of methoxy groups -OCH3 is 1. The summed E-state index contributed by atoms with van der Waals surface area (Å²) in [6.07, 6.45) is 2.02. The number of likely N-dealkylation sites (tertiary alicyclic amines) is 1. The molecule has 3 amide bonds. The third-order valence-electron chi connectivity index (χ3n) is 6.93. The van der Waals surface area contributed by atoms with Gasteiger partial charge in [0, 0.05) is 44.1 Å². The van der Waals surface area contributed by atoms with E-state index in [9.17, 15) is 14.4 Å². The number of amides is 3. The summed E-state index contributed by atoms with van der Waals surface area (Å²) in [5.41, 5.74) is 1.91. The monoisotopic (exact) mass is 519 g/mol. The summed E-state index contributed by atoms with van der Waals surface area (Å²) >= 11 is 1.36. The number of para-hydroxylation sites is 1. The van der Waals surface area contributed by atoms with Crippen molar-refractivity contribution in [1.82, 2.24) is 15.1 Å². The maximum Gasteiger partial charge on any atom is 0.229 e. The van der Waals surface area contributed by atoms with Gasteiger partial charge in [-0.2, -0.15) is 0 Å². The molecule has 1 aromatic heterocycles. The van der Waals surface area contributed by atoms with Gasteiger partial charge in [-0.15, -0.1) is 10.2 Å². The predicted molar refractivity (Wildman–Crippen MR) is 141 cm³/mol. The van der Waals surface area contributed by atoms with Crippen molar-refractivity contribution in [2.24, 2.45) is 11.8 Å². The van der Waals surface area contributed by atoms with Crippen LogP contribution in [0, 0.1) is 11.8 Å². The van der Waals surface area contributed by atoms with Crippen molar-refractivity contribution in [2.75, 3.05) is 37.0 Å². The highest BCUT2D eigenvalue weighted by molar-refractivity contribution is 7.15. The highest BCUT2D eigenvalue weighted by Gasteiger charge is 2.38. The summed E-state index contributed by atoms with van der Waals surface area (Å²) in [6.45, 7) is 1.41. The lowest BCUT2D eigenvalue weighted by Gasteiger charge is -2.32. The number of nitrogens with zero attached hydrogens (tertiary/aromatic N) is 4. The second-order valence-corrected chi connectivity index (χ2v) is 10.4. The Kier molecular flexibility index (Phi) is 7.45. The molecule has 0 saturated carbocycles. The minimum atomic E-state index is -0.344. The highest BCUT2D eigenvalue weighted by Crippen LogP contribution is 2.28. The van der Waals surface area contributed by atoms with Crippen molar-refractivity contribution in [1.29, 1.82) is 0 Å². The fraction of sp³-hybridized carbons (Fsp3) is 0.370. The number of hydrogen-bond acceptors (Lipinski definition) is 7. The molecule has 0 spiro atoms. The number of carbonyl (C=O) groups is 3. The topological polar surface area (TPSA) is 105 Å². The van der Waals surface area contributed by atoms with E-state index in [-0.39, 0.29) is 36.0 Å². The van der Waals surface area contributed by atoms with Gasteiger partial charge in [-0.25, -0.2) is 0 Å². The van der Waals surface area contributed by atoms with Crippen molar-refractivity contribution in [2.45, 2.75) is 25.7 Å². The molecule has 0 bridgehead atoms. The molecule has 3 heterocycles. The minimum Gasteiger partial charge on any atom is -0.497 e. The third-order valence-corrected chi connectivity index (χ3v) is 7.77. The van der Waals surface area contributed by atoms with Crippen LogP contribution in [0.1, 0.15) is 29.8 Å². The van der Waals surface area contributed by atoms with E-state index < -0.39 is 0 Å². The van der Waals surface area contributed by atoms with Gasteiger partial charge in [0.25, 0.3) is 0 Å². The number of rotatable bonds is 7. The molecule has 10 heteroatoms. The predicted octanol–water partition coefficient (Wildman–Crippen LogP) is 3.37. The van der Waals surface area contributed by atoms with Gasteiger partial charge in [-0.05, 0) is 42.7 Å². The maximum atomic E-state index is 13.1. The number of piperidine rings is 1. The van der Waals surface area contributed by atoms with Gasteiger partial charge in [-0.1, -0.05) is 41.7 Å². The molecular weight excluding hydrogens is 490 g/mol. The Labute approximate surface area is 219 Å². The van der Waals surface area contributed by atoms with E-state index in [2.05, 4.69) is 15.5 Å². The van der Waals surface area contributed by atoms with E-state index in [1.165, 1.54) is 11.3 Å². The van der Waals surface area contributed by atoms with E-state index >= 15 is 0 Å². The lowest BCUT2D eigenvalue weighted by molar-refractivity contribution is -0.138. The van der Waals surface area contributed by atoms with Crippen molar-refractivity contribution < 1.29 is 19.1 Å². The quantitative estimate of drug-likeness (QED) is 0.513. The molecule has 5 rings (SSSR count). The second-order valence-electron chi connectivity index (χ2n) is 9.36. The molecule has 37 heavy (non-hydrogen) atoms. The molecule has 2 saturated heterocycles. The zero-order valence-corrected chi connectivity index (χ0v) is 21.4. The Balaban J connectivity index is 1.10. The molecular formula is C27H29N5O4S. The Bertz CT molecular complexity index is 1260. The first kappa shape index (κ1) is 24.9. The molecule has 1 N–H and O–H groups in total. The lowest BCUT2D eigenvalue weighted by Crippen LogP contribution is -2.44. The molecule has 2 aliphatic heterocycles. The van der Waals surface area contributed by atoms with Crippen molar-refractivity contribution in [3.8, 4) is 5.75 Å². The van der Waals surface area contributed by atoms with Gasteiger partial charge in [-0.3, -0.25) is 14.4 Å². The van der Waals surface area contributed by atoms with Crippen LogP contribution in [-0.2, 0) is 20.8 Å². The van der Waals surface area contributed by atoms with E-state index in [0.717, 1.165) is 22.0 Å². The largest absolute Gasteiger partial charge is 0.497 e. The Morgan fingerprint density at radius 3 is 2.46 bits per heavy atom. The number of ether oxygens (including phenoxy) is 1. The zero-order valence-electron chi connectivity index (χ0n) is 20.6. The Hall–Kier alpha value is -3.79. The van der Waals surface area contributed by atoms with Crippen molar-refractivity contribution >= 4 is 39.9 Å². The number of hydrogen-bond donors (Lipinski definition) is 1. The number of anilines is 2. The van der Waals surface area contributed by atoms with Crippen molar-refractivity contribution in [3.05, 3.63) is 65.2 Å². The van der Waals surface area contributed by atoms with E-state index in [1.807, 2.05) is 54.6 Å². The maximum absolute atomic E-state index is 13.1. The van der Waals surface area contributed by atoms with Crippen LogP contribution in [0.2, 0.25) is 0 Å². The first-order chi connectivity index (χ1) is 18.0. The van der Waals surface area contributed by atoms with Gasteiger partial charge in [0.15, 0.2) is 0 Å². The average Bonchev–Trinajstić information content (AvgIpc) is 3.55. The summed E-state index contributed by atoms with van der Waals surface area (Å²) < 4.78 is 5.19. The Morgan fingerprint density at radius 2 is 1.76 bits per heavy atom. The summed E-state index contributed by atoms with van der Waals surface area (Å²) in [4.78, 5) is 41.9. The number of benzene rings is 2. The minimum absolute atomic E-state index is 0.00191. The van der Waals surface area contributed by atoms with Crippen LogP contribution in [0.4, 0.5) is 10.8 Å². The highest BCUT2D eigenvalue weighted by atomic mass is 32.1. The SMILES string of the molecule is COc1ccc(Cc2nnc(NC(=O)C3CCN(C(=O)C4CC(=O)N(c5ccccc5)C4)CC3)s2)cc1. The van der Waals surface area contributed by atoms with Crippen LogP contribution >= 0.6 is 11.3 Å². The lowest BCUT2D eigenvalue weighted by atomic mass is 9.94. The molecule has 9 nitrogen and oxygen atoms in total. The molecule has 0 aliphatic carbocycles. The molecule has 1 unspecified atom stereocenters. The second kappa shape index (κ2) is 11.1. The van der Waals surface area contributed by atoms with Gasteiger partial charge in [0.05, 0.1) is 13.0 Å². The summed E-state index contributed by atoms with van der Waals surface area (Å²) in [5.74, 6) is 0.144. The fourth-order valence-electron chi connectivity index (χ4n) is 4.85. The fourth-order valence-corrected chi connectivity index (χ4v) is 5.63. The Morgan fingerprint density at radius 1 is 1.03 bits per heavy atom. The summed E-state index contributed by atoms with van der Waals surface area (Å²) in [7, 11) is 1.63. The van der Waals surface area contributed by atoms with Gasteiger partial charge >= 0.3 is 0 Å². The molecule has 3 aromatic rings. The smallest absolute Gasteiger partial charge is 0.229 e. The van der Waals surface area contributed by atoms with Crippen LogP contribution < -0.4 is 15.0 Å². The number of carbonyl (C=O) groups excluding carboxylic acids is 3. The van der Waals surface area contributed by atoms with E-state index in [4.69, 9.17) is 4.74 Å². The first-order valence-corrected chi connectivity index (χ1v) is 13.2. The molecule has 0 radical (unpaired) electrons. The number of aromatic nitrogens is 2.